The molecule has 0 rings (SSSR count). The number of esters is 1. The molecule has 0 N–H and O–H groups in total. The molecule has 72 valence electrons. The lowest BCUT2D eigenvalue weighted by molar-refractivity contribution is -0.143. The van der Waals surface area contributed by atoms with Crippen molar-refractivity contribution in [3.8, 4) is 0 Å². The maximum atomic E-state index is 11.0. The Morgan fingerprint density at radius 3 is 2.50 bits per heavy atom. The molecule has 0 bridgehead atoms. The fourth-order valence-electron chi connectivity index (χ4n) is 0.864. The molecule has 12 heavy (non-hydrogen) atoms. The van der Waals surface area contributed by atoms with Crippen molar-refractivity contribution >= 4 is 18.6 Å². The molecule has 0 heterocycles. The molecule has 0 amide bonds. The van der Waals surface area contributed by atoms with Gasteiger partial charge in [0, 0.05) is 5.25 Å². The van der Waals surface area contributed by atoms with Crippen LogP contribution in [0.4, 0.5) is 0 Å². The molecule has 2 atom stereocenters. The van der Waals surface area contributed by atoms with E-state index in [9.17, 15) is 4.79 Å². The van der Waals surface area contributed by atoms with Crippen LogP contribution in [0.15, 0.2) is 0 Å². The van der Waals surface area contributed by atoms with Gasteiger partial charge in [-0.15, -0.1) is 0 Å². The minimum Gasteiger partial charge on any atom is -0.466 e. The fraction of sp³-hybridized carbons (Fsp3) is 0.889. The fourth-order valence-corrected chi connectivity index (χ4v) is 1.22. The lowest BCUT2D eigenvalue weighted by Gasteiger charge is -2.15. The molecule has 2 unspecified atom stereocenters. The zero-order valence-electron chi connectivity index (χ0n) is 8.04. The van der Waals surface area contributed by atoms with Gasteiger partial charge in [0.25, 0.3) is 0 Å². The molecule has 0 saturated heterocycles. The van der Waals surface area contributed by atoms with Crippen molar-refractivity contribution in [3.05, 3.63) is 0 Å². The van der Waals surface area contributed by atoms with Crippen molar-refractivity contribution in [2.24, 2.45) is 5.92 Å². The van der Waals surface area contributed by atoms with Gasteiger partial charge in [-0.1, -0.05) is 20.3 Å². The third-order valence-corrected chi connectivity index (χ3v) is 2.67. The normalized spacial score (nSPS) is 15.3. The summed E-state index contributed by atoms with van der Waals surface area (Å²) in [6.07, 6.45) is 1.47. The Hall–Kier alpha value is -0.180. The molecule has 0 aromatic heterocycles. The topological polar surface area (TPSA) is 26.3 Å². The largest absolute Gasteiger partial charge is 0.466 e. The number of hydrogen-bond acceptors (Lipinski definition) is 3. The third kappa shape index (κ3) is 4.65. The monoisotopic (exact) mass is 190 g/mol. The molecular formula is C9H18O2S. The zero-order chi connectivity index (χ0) is 9.56. The van der Waals surface area contributed by atoms with Crippen LogP contribution in [0, 0.1) is 5.92 Å². The number of carbonyl (C=O) groups is 1. The van der Waals surface area contributed by atoms with Gasteiger partial charge in [-0.25, -0.2) is 0 Å². The summed E-state index contributed by atoms with van der Waals surface area (Å²) in [6.45, 7) is 6.46. The predicted molar refractivity (Wildman–Crippen MR) is 53.5 cm³/mol. The van der Waals surface area contributed by atoms with Crippen LogP contribution in [0.5, 0.6) is 0 Å². The van der Waals surface area contributed by atoms with Gasteiger partial charge in [0.15, 0.2) is 0 Å². The van der Waals surface area contributed by atoms with Crippen LogP contribution in [-0.2, 0) is 9.53 Å². The summed E-state index contributed by atoms with van der Waals surface area (Å²) in [6, 6.07) is 0. The second-order valence-corrected chi connectivity index (χ2v) is 3.63. The van der Waals surface area contributed by atoms with E-state index < -0.39 is 0 Å². The SMILES string of the molecule is CCOC(=O)CC(S)C(C)CC. The first-order valence-electron chi connectivity index (χ1n) is 4.45. The molecule has 0 aromatic rings. The minimum absolute atomic E-state index is 0.133. The number of hydrogen-bond donors (Lipinski definition) is 1. The summed E-state index contributed by atoms with van der Waals surface area (Å²) in [4.78, 5) is 11.0. The highest BCUT2D eigenvalue weighted by molar-refractivity contribution is 7.81. The van der Waals surface area contributed by atoms with Crippen LogP contribution in [0.2, 0.25) is 0 Å². The highest BCUT2D eigenvalue weighted by Gasteiger charge is 2.15. The Labute approximate surface area is 80.1 Å². The molecule has 0 aliphatic rings. The van der Waals surface area contributed by atoms with Crippen molar-refractivity contribution < 1.29 is 9.53 Å². The van der Waals surface area contributed by atoms with Crippen molar-refractivity contribution in [2.75, 3.05) is 6.61 Å². The maximum Gasteiger partial charge on any atom is 0.306 e. The third-order valence-electron chi connectivity index (χ3n) is 1.98. The number of thiol groups is 1. The average molecular weight is 190 g/mol. The number of carbonyl (C=O) groups excluding carboxylic acids is 1. The first-order valence-corrected chi connectivity index (χ1v) is 4.97. The molecule has 0 saturated carbocycles. The van der Waals surface area contributed by atoms with Gasteiger partial charge in [-0.3, -0.25) is 4.79 Å². The Morgan fingerprint density at radius 1 is 1.50 bits per heavy atom. The van der Waals surface area contributed by atoms with Crippen molar-refractivity contribution in [1.82, 2.24) is 0 Å². The zero-order valence-corrected chi connectivity index (χ0v) is 8.93. The average Bonchev–Trinajstić information content (AvgIpc) is 2.03. The first kappa shape index (κ1) is 11.8. The molecule has 3 heteroatoms. The quantitative estimate of drug-likeness (QED) is 0.532. The number of rotatable bonds is 5. The summed E-state index contributed by atoms with van der Waals surface area (Å²) in [7, 11) is 0. The van der Waals surface area contributed by atoms with Crippen LogP contribution in [0.3, 0.4) is 0 Å². The van der Waals surface area contributed by atoms with Gasteiger partial charge in [0.2, 0.25) is 0 Å². The van der Waals surface area contributed by atoms with Gasteiger partial charge in [-0.05, 0) is 12.8 Å². The molecule has 0 aromatic carbocycles. The van der Waals surface area contributed by atoms with Gasteiger partial charge in [0.05, 0.1) is 13.0 Å². The Bertz CT molecular complexity index is 136. The van der Waals surface area contributed by atoms with Gasteiger partial charge in [0.1, 0.15) is 0 Å². The summed E-state index contributed by atoms with van der Waals surface area (Å²) in [5, 5.41) is 0.133. The van der Waals surface area contributed by atoms with E-state index in [2.05, 4.69) is 26.5 Å². The highest BCUT2D eigenvalue weighted by Crippen LogP contribution is 2.17. The van der Waals surface area contributed by atoms with E-state index >= 15 is 0 Å². The van der Waals surface area contributed by atoms with Gasteiger partial charge < -0.3 is 4.74 Å². The van der Waals surface area contributed by atoms with Crippen LogP contribution in [-0.4, -0.2) is 17.8 Å². The van der Waals surface area contributed by atoms with Crippen LogP contribution in [0.25, 0.3) is 0 Å². The van der Waals surface area contributed by atoms with Crippen LogP contribution >= 0.6 is 12.6 Å². The van der Waals surface area contributed by atoms with E-state index in [0.29, 0.717) is 18.9 Å². The molecule has 0 fully saturated rings. The smallest absolute Gasteiger partial charge is 0.306 e. The second kappa shape index (κ2) is 6.35. The Morgan fingerprint density at radius 2 is 2.08 bits per heavy atom. The number of ether oxygens (including phenoxy) is 1. The molecule has 2 nitrogen and oxygen atoms in total. The summed E-state index contributed by atoms with van der Waals surface area (Å²) in [5.74, 6) is 0.329. The van der Waals surface area contributed by atoms with Gasteiger partial charge in [-0.2, -0.15) is 12.6 Å². The van der Waals surface area contributed by atoms with E-state index in [4.69, 9.17) is 4.74 Å². The lowest BCUT2D eigenvalue weighted by atomic mass is 10.0. The van der Waals surface area contributed by atoms with E-state index in [1.54, 1.807) is 0 Å². The lowest BCUT2D eigenvalue weighted by Crippen LogP contribution is -2.17. The second-order valence-electron chi connectivity index (χ2n) is 2.96. The van der Waals surface area contributed by atoms with E-state index in [1.807, 2.05) is 6.92 Å². The molecular weight excluding hydrogens is 172 g/mol. The Kier molecular flexibility index (Phi) is 6.25. The summed E-state index contributed by atoms with van der Waals surface area (Å²) >= 11 is 4.34. The predicted octanol–water partition coefficient (Wildman–Crippen LogP) is 2.28. The standard InChI is InChI=1S/C9H18O2S/c1-4-7(3)8(12)6-9(10)11-5-2/h7-8,12H,4-6H2,1-3H3. The summed E-state index contributed by atoms with van der Waals surface area (Å²) < 4.78 is 4.82. The molecule has 0 spiro atoms. The molecule has 0 radical (unpaired) electrons. The minimum atomic E-state index is -0.141. The highest BCUT2D eigenvalue weighted by atomic mass is 32.1. The van der Waals surface area contributed by atoms with Gasteiger partial charge >= 0.3 is 5.97 Å². The van der Waals surface area contributed by atoms with Crippen molar-refractivity contribution in [3.63, 3.8) is 0 Å². The van der Waals surface area contributed by atoms with Crippen LogP contribution < -0.4 is 0 Å². The summed E-state index contributed by atoms with van der Waals surface area (Å²) in [5.41, 5.74) is 0. The first-order chi connectivity index (χ1) is 5.61. The van der Waals surface area contributed by atoms with Crippen molar-refractivity contribution in [1.29, 1.82) is 0 Å². The Balaban J connectivity index is 3.67. The van der Waals surface area contributed by atoms with E-state index in [1.165, 1.54) is 0 Å². The van der Waals surface area contributed by atoms with E-state index in [-0.39, 0.29) is 11.2 Å². The maximum absolute atomic E-state index is 11.0. The van der Waals surface area contributed by atoms with E-state index in [0.717, 1.165) is 6.42 Å². The van der Waals surface area contributed by atoms with Crippen LogP contribution in [0.1, 0.15) is 33.6 Å². The van der Waals surface area contributed by atoms with Crippen molar-refractivity contribution in [2.45, 2.75) is 38.9 Å². The molecule has 0 aliphatic heterocycles. The molecule has 0 aliphatic carbocycles.